The number of aromatic nitrogens is 2. The Labute approximate surface area is 181 Å². The van der Waals surface area contributed by atoms with E-state index in [9.17, 15) is 9.59 Å². The van der Waals surface area contributed by atoms with Gasteiger partial charge in [-0.05, 0) is 61.3 Å². The van der Waals surface area contributed by atoms with Gasteiger partial charge in [-0.2, -0.15) is 4.98 Å². The Balaban J connectivity index is 1.62. The summed E-state index contributed by atoms with van der Waals surface area (Å²) in [6.45, 7) is 3.19. The van der Waals surface area contributed by atoms with Gasteiger partial charge in [0.2, 0.25) is 12.4 Å². The molecule has 2 amide bonds. The van der Waals surface area contributed by atoms with E-state index in [2.05, 4.69) is 49.8 Å². The van der Waals surface area contributed by atoms with E-state index in [1.807, 2.05) is 0 Å². The Morgan fingerprint density at radius 3 is 2.87 bits per heavy atom. The molecule has 1 aliphatic heterocycles. The average molecular weight is 421 g/mol. The maximum Gasteiger partial charge on any atom is 0.267 e. The number of amides is 2. The van der Waals surface area contributed by atoms with Crippen molar-refractivity contribution in [1.82, 2.24) is 15.3 Å². The lowest BCUT2D eigenvalue weighted by Crippen LogP contribution is -2.35. The average Bonchev–Trinajstić information content (AvgIpc) is 2.78. The molecule has 4 rings (SSSR count). The van der Waals surface area contributed by atoms with Gasteiger partial charge in [-0.25, -0.2) is 4.98 Å². The first-order valence-corrected chi connectivity index (χ1v) is 10.8. The van der Waals surface area contributed by atoms with Gasteiger partial charge in [-0.3, -0.25) is 9.59 Å². The minimum absolute atomic E-state index is 0.137. The highest BCUT2D eigenvalue weighted by Gasteiger charge is 2.23. The molecule has 0 spiro atoms. The van der Waals surface area contributed by atoms with E-state index < -0.39 is 5.91 Å². The van der Waals surface area contributed by atoms with Crippen molar-refractivity contribution in [2.24, 2.45) is 5.73 Å². The number of nitrogens with zero attached hydrogens (tertiary/aromatic N) is 3. The summed E-state index contributed by atoms with van der Waals surface area (Å²) in [5, 5.41) is 5.66. The molecule has 31 heavy (non-hydrogen) atoms. The van der Waals surface area contributed by atoms with Crippen LogP contribution in [0.3, 0.4) is 0 Å². The molecule has 0 saturated heterocycles. The molecule has 8 heteroatoms. The molecular weight excluding hydrogens is 392 g/mol. The van der Waals surface area contributed by atoms with Crippen molar-refractivity contribution < 1.29 is 9.59 Å². The van der Waals surface area contributed by atoms with Crippen LogP contribution in [0.4, 0.5) is 11.8 Å². The van der Waals surface area contributed by atoms with Crippen molar-refractivity contribution >= 4 is 29.7 Å². The number of nitrogens with one attached hydrogen (secondary N) is 2. The first-order chi connectivity index (χ1) is 15.0. The fourth-order valence-corrected chi connectivity index (χ4v) is 4.31. The molecule has 162 valence electrons. The number of rotatable bonds is 7. The Hall–Kier alpha value is -3.42. The first-order valence-electron chi connectivity index (χ1n) is 10.8. The van der Waals surface area contributed by atoms with Gasteiger partial charge in [0.05, 0.1) is 6.17 Å². The number of allylic oxidation sites excluding steroid dienone is 2. The number of primary amides is 1. The molecule has 2 aliphatic rings. The van der Waals surface area contributed by atoms with Gasteiger partial charge in [0.25, 0.3) is 5.91 Å². The molecule has 0 radical (unpaired) electrons. The van der Waals surface area contributed by atoms with Crippen molar-refractivity contribution in [2.75, 3.05) is 16.8 Å². The van der Waals surface area contributed by atoms with Gasteiger partial charge in [0.1, 0.15) is 11.5 Å². The fraction of sp³-hybridized carbons (Fsp3) is 0.391. The molecule has 4 N–H and O–H groups in total. The predicted molar refractivity (Wildman–Crippen MR) is 120 cm³/mol. The molecule has 1 aromatic heterocycles. The van der Waals surface area contributed by atoms with Gasteiger partial charge in [-0.15, -0.1) is 0 Å². The molecule has 0 saturated carbocycles. The second kappa shape index (κ2) is 9.16. The maximum atomic E-state index is 11.8. The quantitative estimate of drug-likeness (QED) is 0.469. The van der Waals surface area contributed by atoms with E-state index in [1.165, 1.54) is 41.2 Å². The van der Waals surface area contributed by atoms with Crippen LogP contribution in [0.5, 0.6) is 0 Å². The van der Waals surface area contributed by atoms with E-state index in [4.69, 9.17) is 5.73 Å². The smallest absolute Gasteiger partial charge is 0.267 e. The van der Waals surface area contributed by atoms with Crippen LogP contribution in [0.15, 0.2) is 30.3 Å². The molecule has 2 aromatic rings. The third-order valence-electron chi connectivity index (χ3n) is 5.83. The van der Waals surface area contributed by atoms with Gasteiger partial charge in [-0.1, -0.05) is 24.3 Å². The van der Waals surface area contributed by atoms with Crippen LogP contribution in [0, 0.1) is 0 Å². The summed E-state index contributed by atoms with van der Waals surface area (Å²) in [6.07, 6.45) is 8.36. The van der Waals surface area contributed by atoms with Crippen molar-refractivity contribution in [3.63, 3.8) is 0 Å². The standard InChI is InChI=1S/C23H28N6O2/c1-15(25-14-30)26-21-12-20(22(24)31)27-23(28-21)29-11-10-19-17(13-29)8-5-9-18(19)16-6-3-2-4-7-16/h5-6,8-9,12,14-15H,2-4,7,10-11,13H2,1H3,(H2,24,31)(H,25,30)(H,26,27,28)/t15-/m0/s1. The summed E-state index contributed by atoms with van der Waals surface area (Å²) in [7, 11) is 0. The summed E-state index contributed by atoms with van der Waals surface area (Å²) in [4.78, 5) is 33.5. The number of nitrogens with two attached hydrogens (primary N) is 1. The molecule has 2 heterocycles. The van der Waals surface area contributed by atoms with Crippen LogP contribution >= 0.6 is 0 Å². The SMILES string of the molecule is C[C@@H](NC=O)Nc1cc(C(N)=O)nc(N2CCc3c(cccc3C3=CCCCC3)C2)n1. The van der Waals surface area contributed by atoms with Crippen molar-refractivity contribution in [1.29, 1.82) is 0 Å². The lowest BCUT2D eigenvalue weighted by Gasteiger charge is -2.31. The summed E-state index contributed by atoms with van der Waals surface area (Å²) in [5.41, 5.74) is 11.1. The van der Waals surface area contributed by atoms with Crippen LogP contribution in [-0.4, -0.2) is 35.0 Å². The van der Waals surface area contributed by atoms with Crippen molar-refractivity contribution in [3.8, 4) is 0 Å². The highest BCUT2D eigenvalue weighted by Crippen LogP contribution is 2.33. The third kappa shape index (κ3) is 4.68. The Bertz CT molecular complexity index is 1020. The van der Waals surface area contributed by atoms with E-state index in [0.29, 0.717) is 24.7 Å². The lowest BCUT2D eigenvalue weighted by atomic mass is 9.86. The van der Waals surface area contributed by atoms with Crippen LogP contribution < -0.4 is 21.3 Å². The minimum atomic E-state index is -0.619. The molecule has 1 aliphatic carbocycles. The van der Waals surface area contributed by atoms with Crippen LogP contribution in [0.2, 0.25) is 0 Å². The highest BCUT2D eigenvalue weighted by atomic mass is 16.1. The second-order valence-corrected chi connectivity index (χ2v) is 8.04. The predicted octanol–water partition coefficient (Wildman–Crippen LogP) is 2.60. The molecule has 0 fully saturated rings. The summed E-state index contributed by atoms with van der Waals surface area (Å²) < 4.78 is 0. The van der Waals surface area contributed by atoms with E-state index in [-0.39, 0.29) is 11.9 Å². The zero-order chi connectivity index (χ0) is 21.8. The number of benzene rings is 1. The van der Waals surface area contributed by atoms with Crippen LogP contribution in [-0.2, 0) is 17.8 Å². The minimum Gasteiger partial charge on any atom is -0.364 e. The Kier molecular flexibility index (Phi) is 6.16. The van der Waals surface area contributed by atoms with Crippen molar-refractivity contribution in [2.45, 2.75) is 51.7 Å². The summed E-state index contributed by atoms with van der Waals surface area (Å²) >= 11 is 0. The largest absolute Gasteiger partial charge is 0.364 e. The molecule has 0 bridgehead atoms. The van der Waals surface area contributed by atoms with E-state index in [0.717, 1.165) is 25.8 Å². The second-order valence-electron chi connectivity index (χ2n) is 8.04. The van der Waals surface area contributed by atoms with E-state index >= 15 is 0 Å². The highest BCUT2D eigenvalue weighted by molar-refractivity contribution is 5.91. The number of fused-ring (bicyclic) bond motifs is 1. The Morgan fingerprint density at radius 1 is 1.26 bits per heavy atom. The zero-order valence-corrected chi connectivity index (χ0v) is 17.7. The first kappa shape index (κ1) is 20.8. The van der Waals surface area contributed by atoms with Gasteiger partial charge < -0.3 is 21.3 Å². The third-order valence-corrected chi connectivity index (χ3v) is 5.83. The summed E-state index contributed by atoms with van der Waals surface area (Å²) in [6, 6.07) is 8.01. The maximum absolute atomic E-state index is 11.8. The number of hydrogen-bond donors (Lipinski definition) is 3. The number of anilines is 2. The monoisotopic (exact) mass is 420 g/mol. The molecule has 1 atom stereocenters. The van der Waals surface area contributed by atoms with Gasteiger partial charge in [0.15, 0.2) is 0 Å². The number of carbonyl (C=O) groups excluding carboxylic acids is 2. The summed E-state index contributed by atoms with van der Waals surface area (Å²) in [5.74, 6) is 0.268. The van der Waals surface area contributed by atoms with Crippen LogP contribution in [0.1, 0.15) is 59.8 Å². The van der Waals surface area contributed by atoms with E-state index in [1.54, 1.807) is 6.92 Å². The van der Waals surface area contributed by atoms with Gasteiger partial charge >= 0.3 is 0 Å². The normalized spacial score (nSPS) is 16.7. The lowest BCUT2D eigenvalue weighted by molar-refractivity contribution is -0.109. The molecular formula is C23H28N6O2. The topological polar surface area (TPSA) is 113 Å². The van der Waals surface area contributed by atoms with Crippen LogP contribution in [0.25, 0.3) is 5.57 Å². The molecule has 1 aromatic carbocycles. The van der Waals surface area contributed by atoms with Gasteiger partial charge in [0, 0.05) is 19.2 Å². The zero-order valence-electron chi connectivity index (χ0n) is 17.7. The molecule has 0 unspecified atom stereocenters. The Morgan fingerprint density at radius 2 is 2.13 bits per heavy atom. The fourth-order valence-electron chi connectivity index (χ4n) is 4.31. The van der Waals surface area contributed by atoms with Crippen molar-refractivity contribution in [3.05, 3.63) is 52.7 Å². The number of carbonyl (C=O) groups is 2. The molecule has 8 nitrogen and oxygen atoms in total. The number of hydrogen-bond acceptors (Lipinski definition) is 6.